The van der Waals surface area contributed by atoms with Crippen LogP contribution in [-0.4, -0.2) is 39.6 Å². The highest BCUT2D eigenvalue weighted by Crippen LogP contribution is 2.15. The number of nitrogens with zero attached hydrogens (tertiary/aromatic N) is 1. The first-order chi connectivity index (χ1) is 12.0. The van der Waals surface area contributed by atoms with Crippen LogP contribution in [0.1, 0.15) is 11.1 Å². The van der Waals surface area contributed by atoms with Crippen LogP contribution in [0.2, 0.25) is 0 Å². The Balaban J connectivity index is 1.56. The minimum absolute atomic E-state index is 0.264. The van der Waals surface area contributed by atoms with Crippen LogP contribution in [0.25, 0.3) is 0 Å². The zero-order valence-electron chi connectivity index (χ0n) is 13.8. The minimum atomic E-state index is -3.50. The highest BCUT2D eigenvalue weighted by Gasteiger charge is 2.14. The molecule has 3 rings (SSSR count). The summed E-state index contributed by atoms with van der Waals surface area (Å²) in [7, 11) is -3.50. The van der Waals surface area contributed by atoms with Crippen LogP contribution in [0.4, 0.5) is 0 Å². The zero-order chi connectivity index (χ0) is 17.7. The Morgan fingerprint density at radius 3 is 2.20 bits per heavy atom. The monoisotopic (exact) mass is 424 g/mol. The van der Waals surface area contributed by atoms with Gasteiger partial charge < -0.3 is 4.74 Å². The van der Waals surface area contributed by atoms with E-state index in [0.717, 1.165) is 42.9 Å². The molecule has 1 aliphatic heterocycles. The molecule has 134 valence electrons. The lowest BCUT2D eigenvalue weighted by atomic mass is 10.1. The third-order valence-corrected chi connectivity index (χ3v) is 6.07. The number of morpholine rings is 1. The Hall–Kier alpha value is -1.25. The molecule has 0 amide bonds. The zero-order valence-corrected chi connectivity index (χ0v) is 16.2. The molecule has 2 aromatic rings. The van der Waals surface area contributed by atoms with Gasteiger partial charge in [0.2, 0.25) is 10.0 Å². The van der Waals surface area contributed by atoms with Gasteiger partial charge in [-0.2, -0.15) is 0 Å². The summed E-state index contributed by atoms with van der Waals surface area (Å²) in [6.45, 7) is 4.65. The van der Waals surface area contributed by atoms with Crippen LogP contribution in [0, 0.1) is 0 Å². The molecule has 1 heterocycles. The van der Waals surface area contributed by atoms with Gasteiger partial charge in [-0.1, -0.05) is 40.2 Å². The van der Waals surface area contributed by atoms with Crippen LogP contribution in [-0.2, 0) is 27.8 Å². The van der Waals surface area contributed by atoms with Crippen LogP contribution in [0.5, 0.6) is 0 Å². The molecule has 1 N–H and O–H groups in total. The summed E-state index contributed by atoms with van der Waals surface area (Å²) in [5, 5.41) is 0. The maximum atomic E-state index is 12.3. The molecular weight excluding hydrogens is 404 g/mol. The molecule has 0 radical (unpaired) electrons. The Morgan fingerprint density at radius 1 is 0.960 bits per heavy atom. The van der Waals surface area contributed by atoms with E-state index in [1.54, 1.807) is 24.3 Å². The average molecular weight is 425 g/mol. The number of benzene rings is 2. The first kappa shape index (κ1) is 18.5. The smallest absolute Gasteiger partial charge is 0.240 e. The van der Waals surface area contributed by atoms with Crippen molar-refractivity contribution in [3.05, 3.63) is 64.1 Å². The van der Waals surface area contributed by atoms with E-state index in [9.17, 15) is 8.42 Å². The van der Waals surface area contributed by atoms with Crippen molar-refractivity contribution in [2.75, 3.05) is 26.3 Å². The number of ether oxygens (including phenoxy) is 1. The van der Waals surface area contributed by atoms with Gasteiger partial charge in [0.15, 0.2) is 0 Å². The Kier molecular flexibility index (Phi) is 6.24. The summed E-state index contributed by atoms with van der Waals surface area (Å²) in [5.41, 5.74) is 2.16. The molecule has 0 saturated carbocycles. The summed E-state index contributed by atoms with van der Waals surface area (Å²) in [6.07, 6.45) is 0. The predicted molar refractivity (Wildman–Crippen MR) is 101 cm³/mol. The van der Waals surface area contributed by atoms with Crippen molar-refractivity contribution in [2.24, 2.45) is 0 Å². The van der Waals surface area contributed by atoms with E-state index in [-0.39, 0.29) is 11.4 Å². The van der Waals surface area contributed by atoms with Crippen molar-refractivity contribution >= 4 is 26.0 Å². The fourth-order valence-corrected chi connectivity index (χ4v) is 3.94. The fourth-order valence-electron chi connectivity index (χ4n) is 2.66. The summed E-state index contributed by atoms with van der Waals surface area (Å²) < 4.78 is 33.4. The third-order valence-electron chi connectivity index (χ3n) is 4.12. The fraction of sp³-hybridized carbons (Fsp3) is 0.333. The van der Waals surface area contributed by atoms with Gasteiger partial charge in [0.05, 0.1) is 18.1 Å². The molecule has 5 nitrogen and oxygen atoms in total. The van der Waals surface area contributed by atoms with Crippen LogP contribution >= 0.6 is 15.9 Å². The van der Waals surface area contributed by atoms with Gasteiger partial charge in [0, 0.05) is 30.7 Å². The van der Waals surface area contributed by atoms with Crippen molar-refractivity contribution in [3.8, 4) is 0 Å². The Labute approximate surface area is 157 Å². The second kappa shape index (κ2) is 8.42. The van der Waals surface area contributed by atoms with E-state index in [1.807, 2.05) is 12.1 Å². The number of hydrogen-bond acceptors (Lipinski definition) is 4. The topological polar surface area (TPSA) is 58.6 Å². The lowest BCUT2D eigenvalue weighted by molar-refractivity contribution is 0.0342. The number of nitrogens with one attached hydrogen (secondary N) is 1. The van der Waals surface area contributed by atoms with Crippen molar-refractivity contribution in [3.63, 3.8) is 0 Å². The normalized spacial score (nSPS) is 16.0. The number of sulfonamides is 1. The molecule has 7 heteroatoms. The van der Waals surface area contributed by atoms with Gasteiger partial charge in [-0.3, -0.25) is 4.90 Å². The Morgan fingerprint density at radius 2 is 1.56 bits per heavy atom. The molecule has 0 aromatic heterocycles. The summed E-state index contributed by atoms with van der Waals surface area (Å²) in [6, 6.07) is 14.6. The van der Waals surface area contributed by atoms with Gasteiger partial charge in [-0.15, -0.1) is 0 Å². The molecule has 0 unspecified atom stereocenters. The molecule has 0 aliphatic carbocycles. The highest BCUT2D eigenvalue weighted by atomic mass is 79.9. The van der Waals surface area contributed by atoms with E-state index in [4.69, 9.17) is 4.74 Å². The van der Waals surface area contributed by atoms with Gasteiger partial charge in [-0.25, -0.2) is 13.1 Å². The maximum Gasteiger partial charge on any atom is 0.240 e. The number of hydrogen-bond donors (Lipinski definition) is 1. The molecular formula is C18H21BrN2O3S. The first-order valence-electron chi connectivity index (χ1n) is 8.16. The highest BCUT2D eigenvalue weighted by molar-refractivity contribution is 9.10. The molecule has 1 aliphatic rings. The van der Waals surface area contributed by atoms with E-state index >= 15 is 0 Å². The molecule has 1 fully saturated rings. The van der Waals surface area contributed by atoms with Gasteiger partial charge in [-0.05, 0) is 35.4 Å². The van der Waals surface area contributed by atoms with Crippen molar-refractivity contribution in [1.82, 2.24) is 9.62 Å². The second-order valence-electron chi connectivity index (χ2n) is 5.98. The number of rotatable bonds is 6. The molecule has 1 saturated heterocycles. The lowest BCUT2D eigenvalue weighted by Gasteiger charge is -2.26. The minimum Gasteiger partial charge on any atom is -0.379 e. The van der Waals surface area contributed by atoms with Gasteiger partial charge >= 0.3 is 0 Å². The van der Waals surface area contributed by atoms with Crippen LogP contribution in [0.3, 0.4) is 0 Å². The Bertz CT molecular complexity index is 786. The molecule has 0 atom stereocenters. The molecule has 0 bridgehead atoms. The van der Waals surface area contributed by atoms with Crippen molar-refractivity contribution in [1.29, 1.82) is 0 Å². The van der Waals surface area contributed by atoms with Crippen LogP contribution < -0.4 is 4.72 Å². The van der Waals surface area contributed by atoms with Crippen molar-refractivity contribution in [2.45, 2.75) is 18.0 Å². The third kappa shape index (κ3) is 5.36. The van der Waals surface area contributed by atoms with E-state index < -0.39 is 10.0 Å². The van der Waals surface area contributed by atoms with Gasteiger partial charge in [0.1, 0.15) is 0 Å². The second-order valence-corrected chi connectivity index (χ2v) is 8.67. The van der Waals surface area contributed by atoms with E-state index in [2.05, 4.69) is 37.7 Å². The predicted octanol–water partition coefficient (Wildman–Crippen LogP) is 2.76. The molecule has 25 heavy (non-hydrogen) atoms. The SMILES string of the molecule is O=S(=O)(NCc1ccc(CN2CCOCC2)cc1)c1ccc(Br)cc1. The van der Waals surface area contributed by atoms with E-state index in [1.165, 1.54) is 5.56 Å². The average Bonchev–Trinajstić information content (AvgIpc) is 2.62. The van der Waals surface area contributed by atoms with E-state index in [0.29, 0.717) is 0 Å². The maximum absolute atomic E-state index is 12.3. The van der Waals surface area contributed by atoms with Crippen molar-refractivity contribution < 1.29 is 13.2 Å². The quantitative estimate of drug-likeness (QED) is 0.774. The molecule has 2 aromatic carbocycles. The van der Waals surface area contributed by atoms with Gasteiger partial charge in [0.25, 0.3) is 0 Å². The summed E-state index contributed by atoms with van der Waals surface area (Å²) in [4.78, 5) is 2.62. The van der Waals surface area contributed by atoms with Crippen LogP contribution in [0.15, 0.2) is 57.9 Å². The summed E-state index contributed by atoms with van der Waals surface area (Å²) >= 11 is 3.30. The largest absolute Gasteiger partial charge is 0.379 e. The first-order valence-corrected chi connectivity index (χ1v) is 10.4. The summed E-state index contributed by atoms with van der Waals surface area (Å²) in [5.74, 6) is 0. The number of halogens is 1. The lowest BCUT2D eigenvalue weighted by Crippen LogP contribution is -2.35. The standard InChI is InChI=1S/C18H21BrN2O3S/c19-17-5-7-18(8-6-17)25(22,23)20-13-15-1-3-16(4-2-15)14-21-9-11-24-12-10-21/h1-8,20H,9-14H2. The molecule has 0 spiro atoms.